The maximum absolute atomic E-state index is 6.42. The Morgan fingerprint density at radius 3 is 2.56 bits per heavy atom. The van der Waals surface area contributed by atoms with Crippen LogP contribution in [-0.4, -0.2) is 26.9 Å². The number of halogens is 1. The second-order valence-corrected chi connectivity index (χ2v) is 6.76. The van der Waals surface area contributed by atoms with Crippen molar-refractivity contribution in [3.8, 4) is 34.1 Å². The molecule has 0 radical (unpaired) electrons. The zero-order valence-corrected chi connectivity index (χ0v) is 16.1. The summed E-state index contributed by atoms with van der Waals surface area (Å²) in [5.41, 5.74) is 6.62. The fourth-order valence-electron chi connectivity index (χ4n) is 3.18. The first-order chi connectivity index (χ1) is 13.1. The van der Waals surface area contributed by atoms with Gasteiger partial charge in [-0.3, -0.25) is 5.10 Å². The molecule has 6 heteroatoms. The maximum Gasteiger partial charge on any atom is 0.118 e. The summed E-state index contributed by atoms with van der Waals surface area (Å²) in [6.07, 6.45) is 1.80. The fraction of sp³-hybridized carbons (Fsp3) is 0.143. The number of rotatable bonds is 4. The van der Waals surface area contributed by atoms with Gasteiger partial charge in [0.2, 0.25) is 0 Å². The summed E-state index contributed by atoms with van der Waals surface area (Å²) in [4.78, 5) is 4.59. The second-order valence-electron chi connectivity index (χ2n) is 6.35. The number of nitrogens with one attached hydrogen (secondary N) is 1. The van der Waals surface area contributed by atoms with Gasteiger partial charge >= 0.3 is 0 Å². The SMILES string of the molecule is COc1ccc(-c2cc(-c3ncn(-c4c(C)cccc4Cl)c3C)[nH]n2)cc1. The lowest BCUT2D eigenvalue weighted by atomic mass is 10.1. The summed E-state index contributed by atoms with van der Waals surface area (Å²) < 4.78 is 7.22. The molecule has 0 aliphatic carbocycles. The lowest BCUT2D eigenvalue weighted by Crippen LogP contribution is -1.99. The quantitative estimate of drug-likeness (QED) is 0.530. The van der Waals surface area contributed by atoms with Crippen molar-refractivity contribution in [1.29, 1.82) is 0 Å². The number of methoxy groups -OCH3 is 1. The van der Waals surface area contributed by atoms with Gasteiger partial charge in [0, 0.05) is 11.3 Å². The highest BCUT2D eigenvalue weighted by atomic mass is 35.5. The van der Waals surface area contributed by atoms with Crippen molar-refractivity contribution in [3.63, 3.8) is 0 Å². The highest BCUT2D eigenvalue weighted by Crippen LogP contribution is 2.30. The third kappa shape index (κ3) is 3.11. The molecule has 0 aliphatic heterocycles. The van der Waals surface area contributed by atoms with Crippen LogP contribution in [0.25, 0.3) is 28.3 Å². The van der Waals surface area contributed by atoms with Crippen LogP contribution in [0.5, 0.6) is 5.75 Å². The molecule has 0 spiro atoms. The van der Waals surface area contributed by atoms with Crippen LogP contribution in [0.2, 0.25) is 5.02 Å². The van der Waals surface area contributed by atoms with Gasteiger partial charge in [-0.15, -0.1) is 0 Å². The van der Waals surface area contributed by atoms with Gasteiger partial charge < -0.3 is 9.30 Å². The van der Waals surface area contributed by atoms with Crippen LogP contribution in [0, 0.1) is 13.8 Å². The van der Waals surface area contributed by atoms with Crippen molar-refractivity contribution in [3.05, 3.63) is 71.1 Å². The zero-order chi connectivity index (χ0) is 19.0. The molecule has 27 heavy (non-hydrogen) atoms. The largest absolute Gasteiger partial charge is 0.497 e. The molecular formula is C21H19ClN4O. The number of aryl methyl sites for hydroxylation is 1. The van der Waals surface area contributed by atoms with E-state index in [0.29, 0.717) is 5.02 Å². The number of ether oxygens (including phenoxy) is 1. The number of aromatic nitrogens is 4. The normalized spacial score (nSPS) is 11.0. The average molecular weight is 379 g/mol. The Hall–Kier alpha value is -3.05. The molecule has 2 aromatic carbocycles. The van der Waals surface area contributed by atoms with E-state index >= 15 is 0 Å². The maximum atomic E-state index is 6.42. The van der Waals surface area contributed by atoms with Crippen molar-refractivity contribution in [1.82, 2.24) is 19.7 Å². The average Bonchev–Trinajstić information content (AvgIpc) is 3.29. The molecule has 4 rings (SSSR count). The van der Waals surface area contributed by atoms with Gasteiger partial charge in [0.05, 0.1) is 29.2 Å². The number of hydrogen-bond donors (Lipinski definition) is 1. The Morgan fingerprint density at radius 1 is 1.07 bits per heavy atom. The number of H-pyrrole nitrogens is 1. The summed E-state index contributed by atoms with van der Waals surface area (Å²) in [5, 5.41) is 8.23. The van der Waals surface area contributed by atoms with Crippen LogP contribution in [0.1, 0.15) is 11.3 Å². The number of aromatic amines is 1. The minimum absolute atomic E-state index is 0.700. The van der Waals surface area contributed by atoms with Gasteiger partial charge in [0.25, 0.3) is 0 Å². The first-order valence-electron chi connectivity index (χ1n) is 8.58. The Bertz CT molecular complexity index is 1080. The van der Waals surface area contributed by atoms with Crippen LogP contribution in [0.4, 0.5) is 0 Å². The number of nitrogens with zero attached hydrogens (tertiary/aromatic N) is 3. The molecule has 0 fully saturated rings. The monoisotopic (exact) mass is 378 g/mol. The molecule has 0 unspecified atom stereocenters. The minimum atomic E-state index is 0.700. The van der Waals surface area contributed by atoms with Gasteiger partial charge in [0.1, 0.15) is 17.8 Å². The predicted octanol–water partition coefficient (Wildman–Crippen LogP) is 5.21. The van der Waals surface area contributed by atoms with Crippen LogP contribution < -0.4 is 4.74 Å². The summed E-state index contributed by atoms with van der Waals surface area (Å²) >= 11 is 6.42. The summed E-state index contributed by atoms with van der Waals surface area (Å²) in [6, 6.07) is 15.7. The Morgan fingerprint density at radius 2 is 1.85 bits per heavy atom. The Kier molecular flexibility index (Phi) is 4.46. The summed E-state index contributed by atoms with van der Waals surface area (Å²) in [7, 11) is 1.65. The van der Waals surface area contributed by atoms with E-state index in [2.05, 4.69) is 15.2 Å². The molecule has 2 heterocycles. The summed E-state index contributed by atoms with van der Waals surface area (Å²) in [5.74, 6) is 0.819. The molecule has 0 bridgehead atoms. The van der Waals surface area contributed by atoms with Crippen molar-refractivity contribution >= 4 is 11.6 Å². The Labute approximate surface area is 162 Å². The van der Waals surface area contributed by atoms with E-state index in [1.165, 1.54) is 0 Å². The van der Waals surface area contributed by atoms with E-state index < -0.39 is 0 Å². The number of hydrogen-bond acceptors (Lipinski definition) is 3. The molecule has 1 N–H and O–H groups in total. The third-order valence-electron chi connectivity index (χ3n) is 4.65. The van der Waals surface area contributed by atoms with Crippen molar-refractivity contribution in [2.45, 2.75) is 13.8 Å². The first-order valence-corrected chi connectivity index (χ1v) is 8.96. The van der Waals surface area contributed by atoms with E-state index in [4.69, 9.17) is 16.3 Å². The van der Waals surface area contributed by atoms with Crippen LogP contribution in [0.3, 0.4) is 0 Å². The molecule has 0 amide bonds. The van der Waals surface area contributed by atoms with Crippen LogP contribution >= 0.6 is 11.6 Å². The molecule has 136 valence electrons. The number of imidazole rings is 1. The van der Waals surface area contributed by atoms with E-state index in [1.54, 1.807) is 13.4 Å². The smallest absolute Gasteiger partial charge is 0.118 e. The van der Waals surface area contributed by atoms with Crippen molar-refractivity contribution < 1.29 is 4.74 Å². The lowest BCUT2D eigenvalue weighted by Gasteiger charge is -2.11. The molecule has 5 nitrogen and oxygen atoms in total. The predicted molar refractivity (Wildman–Crippen MR) is 108 cm³/mol. The number of benzene rings is 2. The molecular weight excluding hydrogens is 360 g/mol. The number of para-hydroxylation sites is 1. The third-order valence-corrected chi connectivity index (χ3v) is 4.96. The van der Waals surface area contributed by atoms with Gasteiger partial charge in [-0.1, -0.05) is 23.7 Å². The molecule has 2 aromatic heterocycles. The molecule has 0 saturated carbocycles. The molecule has 0 aliphatic rings. The second kappa shape index (κ2) is 6.93. The van der Waals surface area contributed by atoms with Crippen LogP contribution in [-0.2, 0) is 0 Å². The first kappa shape index (κ1) is 17.4. The van der Waals surface area contributed by atoms with Gasteiger partial charge in [-0.05, 0) is 55.8 Å². The topological polar surface area (TPSA) is 55.7 Å². The molecule has 0 saturated heterocycles. The van der Waals surface area contributed by atoms with Crippen molar-refractivity contribution in [2.24, 2.45) is 0 Å². The van der Waals surface area contributed by atoms with E-state index in [-0.39, 0.29) is 0 Å². The Balaban J connectivity index is 1.71. The minimum Gasteiger partial charge on any atom is -0.497 e. The molecule has 4 aromatic rings. The highest BCUT2D eigenvalue weighted by Gasteiger charge is 2.16. The summed E-state index contributed by atoms with van der Waals surface area (Å²) in [6.45, 7) is 4.07. The zero-order valence-electron chi connectivity index (χ0n) is 15.3. The van der Waals surface area contributed by atoms with Gasteiger partial charge in [-0.2, -0.15) is 5.10 Å². The van der Waals surface area contributed by atoms with E-state index in [0.717, 1.165) is 45.3 Å². The van der Waals surface area contributed by atoms with E-state index in [1.807, 2.05) is 66.9 Å². The standard InChI is InChI=1S/C21H19ClN4O/c1-13-5-4-6-17(22)21(13)26-12-23-20(14(26)2)19-11-18(24-25-19)15-7-9-16(27-3)10-8-15/h4-12H,1-3H3,(H,24,25). The van der Waals surface area contributed by atoms with Crippen LogP contribution in [0.15, 0.2) is 54.9 Å². The van der Waals surface area contributed by atoms with Crippen molar-refractivity contribution in [2.75, 3.05) is 7.11 Å². The van der Waals surface area contributed by atoms with E-state index in [9.17, 15) is 0 Å². The molecule has 0 atom stereocenters. The highest BCUT2D eigenvalue weighted by molar-refractivity contribution is 6.32. The van der Waals surface area contributed by atoms with Gasteiger partial charge in [-0.25, -0.2) is 4.98 Å². The lowest BCUT2D eigenvalue weighted by molar-refractivity contribution is 0.415. The fourth-order valence-corrected chi connectivity index (χ4v) is 3.49. The van der Waals surface area contributed by atoms with Gasteiger partial charge in [0.15, 0.2) is 0 Å².